The Labute approximate surface area is 152 Å². The maximum absolute atomic E-state index is 14.2. The number of halogens is 2. The number of hydrogen-bond acceptors (Lipinski definition) is 3. The number of pyridine rings is 1. The molecule has 0 saturated carbocycles. The third-order valence-corrected chi connectivity index (χ3v) is 4.24. The van der Waals surface area contributed by atoms with Crippen LogP contribution < -0.4 is 0 Å². The Morgan fingerprint density at radius 3 is 2.54 bits per heavy atom. The average Bonchev–Trinajstić information content (AvgIpc) is 3.05. The summed E-state index contributed by atoms with van der Waals surface area (Å²) in [7, 11) is 0. The van der Waals surface area contributed by atoms with E-state index < -0.39 is 11.8 Å². The molecule has 2 aromatic heterocycles. The lowest BCUT2D eigenvalue weighted by atomic mass is 10.1. The molecular formula is C19H11ClFN3O2. The van der Waals surface area contributed by atoms with E-state index in [0.29, 0.717) is 21.7 Å². The normalized spacial score (nSPS) is 11.0. The van der Waals surface area contributed by atoms with Gasteiger partial charge in [-0.1, -0.05) is 35.9 Å². The Morgan fingerprint density at radius 1 is 1.12 bits per heavy atom. The first-order chi connectivity index (χ1) is 12.5. The van der Waals surface area contributed by atoms with Gasteiger partial charge in [-0.3, -0.25) is 0 Å². The van der Waals surface area contributed by atoms with Gasteiger partial charge in [-0.2, -0.15) is 5.10 Å². The first-order valence-electron chi connectivity index (χ1n) is 7.67. The number of aromatic carboxylic acids is 1. The smallest absolute Gasteiger partial charge is 0.336 e. The molecule has 1 N–H and O–H groups in total. The summed E-state index contributed by atoms with van der Waals surface area (Å²) in [5.41, 5.74) is 1.63. The van der Waals surface area contributed by atoms with Gasteiger partial charge in [0.1, 0.15) is 11.5 Å². The van der Waals surface area contributed by atoms with Crippen LogP contribution in [-0.4, -0.2) is 25.8 Å². The van der Waals surface area contributed by atoms with Gasteiger partial charge >= 0.3 is 5.97 Å². The Bertz CT molecular complexity index is 1140. The lowest BCUT2D eigenvalue weighted by Gasteiger charge is -2.08. The predicted molar refractivity (Wildman–Crippen MR) is 96.2 cm³/mol. The number of aromatic nitrogens is 3. The lowest BCUT2D eigenvalue weighted by Crippen LogP contribution is -2.03. The van der Waals surface area contributed by atoms with Crippen LogP contribution in [-0.2, 0) is 0 Å². The molecule has 0 saturated heterocycles. The van der Waals surface area contributed by atoms with Crippen LogP contribution in [0.5, 0.6) is 0 Å². The average molecular weight is 368 g/mol. The van der Waals surface area contributed by atoms with Crippen LogP contribution in [0.1, 0.15) is 10.4 Å². The number of carbonyl (C=O) groups is 1. The van der Waals surface area contributed by atoms with Gasteiger partial charge in [0.25, 0.3) is 0 Å². The van der Waals surface area contributed by atoms with Crippen molar-refractivity contribution in [2.24, 2.45) is 0 Å². The van der Waals surface area contributed by atoms with Crippen LogP contribution in [0.4, 0.5) is 4.39 Å². The zero-order valence-electron chi connectivity index (χ0n) is 13.2. The van der Waals surface area contributed by atoms with E-state index in [2.05, 4.69) is 10.1 Å². The van der Waals surface area contributed by atoms with Gasteiger partial charge in [0.2, 0.25) is 0 Å². The van der Waals surface area contributed by atoms with Crippen molar-refractivity contribution in [1.29, 1.82) is 0 Å². The third kappa shape index (κ3) is 2.70. The van der Waals surface area contributed by atoms with Gasteiger partial charge in [-0.15, -0.1) is 0 Å². The third-order valence-electron chi connectivity index (χ3n) is 3.99. The number of benzene rings is 2. The van der Waals surface area contributed by atoms with E-state index in [4.69, 9.17) is 11.6 Å². The summed E-state index contributed by atoms with van der Waals surface area (Å²) in [6.45, 7) is 0. The summed E-state index contributed by atoms with van der Waals surface area (Å²) < 4.78 is 15.5. The molecule has 0 atom stereocenters. The molecule has 0 spiro atoms. The van der Waals surface area contributed by atoms with E-state index in [1.165, 1.54) is 23.0 Å². The molecule has 7 heteroatoms. The molecule has 4 rings (SSSR count). The second-order valence-electron chi connectivity index (χ2n) is 5.61. The van der Waals surface area contributed by atoms with Gasteiger partial charge in [0, 0.05) is 10.6 Å². The zero-order valence-corrected chi connectivity index (χ0v) is 14.0. The highest BCUT2D eigenvalue weighted by Gasteiger charge is 2.18. The second kappa shape index (κ2) is 6.24. The van der Waals surface area contributed by atoms with E-state index in [1.807, 2.05) is 0 Å². The van der Waals surface area contributed by atoms with E-state index in [1.54, 1.807) is 42.5 Å². The highest BCUT2D eigenvalue weighted by Crippen LogP contribution is 2.27. The monoisotopic (exact) mass is 367 g/mol. The van der Waals surface area contributed by atoms with E-state index in [-0.39, 0.29) is 16.9 Å². The first-order valence-corrected chi connectivity index (χ1v) is 8.05. The molecule has 0 radical (unpaired) electrons. The van der Waals surface area contributed by atoms with E-state index in [0.717, 1.165) is 0 Å². The molecule has 0 aliphatic carbocycles. The number of nitrogens with zero attached hydrogens (tertiary/aromatic N) is 3. The van der Waals surface area contributed by atoms with Crippen LogP contribution in [0.15, 0.2) is 60.8 Å². The van der Waals surface area contributed by atoms with Crippen molar-refractivity contribution in [3.05, 3.63) is 77.2 Å². The topological polar surface area (TPSA) is 68.0 Å². The highest BCUT2D eigenvalue weighted by molar-refractivity contribution is 6.30. The second-order valence-corrected chi connectivity index (χ2v) is 6.05. The van der Waals surface area contributed by atoms with Crippen molar-refractivity contribution in [1.82, 2.24) is 14.8 Å². The lowest BCUT2D eigenvalue weighted by molar-refractivity contribution is 0.0699. The Hall–Kier alpha value is -3.25. The fourth-order valence-corrected chi connectivity index (χ4v) is 2.87. The van der Waals surface area contributed by atoms with E-state index >= 15 is 0 Å². The fourth-order valence-electron chi connectivity index (χ4n) is 2.75. The maximum Gasteiger partial charge on any atom is 0.336 e. The summed E-state index contributed by atoms with van der Waals surface area (Å²) in [6, 6.07) is 14.4. The van der Waals surface area contributed by atoms with Crippen molar-refractivity contribution in [3.63, 3.8) is 0 Å². The molecule has 0 fully saturated rings. The number of hydrogen-bond donors (Lipinski definition) is 1. The van der Waals surface area contributed by atoms with Gasteiger partial charge in [0.15, 0.2) is 5.65 Å². The summed E-state index contributed by atoms with van der Waals surface area (Å²) in [5, 5.41) is 14.6. The van der Waals surface area contributed by atoms with Gasteiger partial charge in [-0.25, -0.2) is 18.9 Å². The molecule has 0 amide bonds. The SMILES string of the molecule is O=C(O)c1cc(-c2ccc(Cl)cc2)nc2c1cnn2-c1ccccc1F. The molecule has 0 unspecified atom stereocenters. The summed E-state index contributed by atoms with van der Waals surface area (Å²) >= 11 is 5.91. The molecule has 0 aliphatic heterocycles. The van der Waals surface area contributed by atoms with Crippen molar-refractivity contribution < 1.29 is 14.3 Å². The molecule has 4 aromatic rings. The van der Waals surface area contributed by atoms with Gasteiger partial charge in [0.05, 0.1) is 22.8 Å². The molecule has 26 heavy (non-hydrogen) atoms. The standard InChI is InChI=1S/C19H11ClFN3O2/c20-12-7-5-11(6-8-12)16-9-13(19(25)26)14-10-22-24(18(14)23-16)17-4-2-1-3-15(17)21/h1-10H,(H,25,26). The van der Waals surface area contributed by atoms with Crippen LogP contribution in [0, 0.1) is 5.82 Å². The van der Waals surface area contributed by atoms with Crippen LogP contribution in [0.2, 0.25) is 5.02 Å². The number of rotatable bonds is 3. The van der Waals surface area contributed by atoms with Crippen LogP contribution in [0.3, 0.4) is 0 Å². The van der Waals surface area contributed by atoms with Crippen molar-refractivity contribution >= 4 is 28.6 Å². The van der Waals surface area contributed by atoms with Crippen molar-refractivity contribution in [2.75, 3.05) is 0 Å². The molecular weight excluding hydrogens is 357 g/mol. The first kappa shape index (κ1) is 16.2. The quantitative estimate of drug-likeness (QED) is 0.575. The van der Waals surface area contributed by atoms with Crippen molar-refractivity contribution in [2.45, 2.75) is 0 Å². The van der Waals surface area contributed by atoms with Crippen LogP contribution >= 0.6 is 11.6 Å². The van der Waals surface area contributed by atoms with Crippen LogP contribution in [0.25, 0.3) is 28.0 Å². The Morgan fingerprint density at radius 2 is 1.85 bits per heavy atom. The largest absolute Gasteiger partial charge is 0.478 e. The minimum Gasteiger partial charge on any atom is -0.478 e. The molecule has 128 valence electrons. The number of para-hydroxylation sites is 1. The van der Waals surface area contributed by atoms with E-state index in [9.17, 15) is 14.3 Å². The zero-order chi connectivity index (χ0) is 18.3. The summed E-state index contributed by atoms with van der Waals surface area (Å²) in [4.78, 5) is 16.2. The van der Waals surface area contributed by atoms with Gasteiger partial charge < -0.3 is 5.11 Å². The molecule has 2 heterocycles. The molecule has 0 aliphatic rings. The molecule has 2 aromatic carbocycles. The maximum atomic E-state index is 14.2. The summed E-state index contributed by atoms with van der Waals surface area (Å²) in [5.74, 6) is -1.59. The fraction of sp³-hybridized carbons (Fsp3) is 0. The minimum atomic E-state index is -1.11. The predicted octanol–water partition coefficient (Wildman–Crippen LogP) is 4.58. The highest BCUT2D eigenvalue weighted by atomic mass is 35.5. The number of carboxylic acid groups (broad SMARTS) is 1. The Kier molecular flexibility index (Phi) is 3.89. The summed E-state index contributed by atoms with van der Waals surface area (Å²) in [6.07, 6.45) is 1.38. The molecule has 5 nitrogen and oxygen atoms in total. The van der Waals surface area contributed by atoms with Gasteiger partial charge in [-0.05, 0) is 30.3 Å². The van der Waals surface area contributed by atoms with Crippen molar-refractivity contribution in [3.8, 4) is 16.9 Å². The Balaban J connectivity index is 2.01. The molecule has 0 bridgehead atoms. The number of fused-ring (bicyclic) bond motifs is 1. The number of carboxylic acids is 1. The minimum absolute atomic E-state index is 0.0440.